The predicted octanol–water partition coefficient (Wildman–Crippen LogP) is 3.52. The van der Waals surface area contributed by atoms with E-state index in [0.717, 1.165) is 30.9 Å². The minimum absolute atomic E-state index is 0.00979. The lowest BCUT2D eigenvalue weighted by Gasteiger charge is -2.40. The molecule has 13 heteroatoms. The minimum atomic E-state index is -4.74. The molecule has 1 fully saturated rings. The van der Waals surface area contributed by atoms with Crippen molar-refractivity contribution in [1.82, 2.24) is 19.4 Å². The van der Waals surface area contributed by atoms with Crippen LogP contribution < -0.4 is 15.2 Å². The van der Waals surface area contributed by atoms with E-state index in [0.29, 0.717) is 38.1 Å². The topological polar surface area (TPSA) is 78.7 Å². The van der Waals surface area contributed by atoms with Crippen LogP contribution in [0.5, 0.6) is 17.4 Å². The highest BCUT2D eigenvalue weighted by molar-refractivity contribution is 5.36. The summed E-state index contributed by atoms with van der Waals surface area (Å²) in [7, 11) is 0. The van der Waals surface area contributed by atoms with Crippen molar-refractivity contribution in [3.63, 3.8) is 0 Å². The number of fused-ring (bicyclic) bond motifs is 2. The number of hydrogen-bond donors (Lipinski definition) is 0. The molecule has 0 unspecified atom stereocenters. The molecule has 2 aromatic heterocycles. The largest absolute Gasteiger partial charge is 0.473 e. The lowest BCUT2D eigenvalue weighted by Crippen LogP contribution is -2.52. The molecular formula is C23H19F5N4O4. The molecule has 0 saturated carbocycles. The summed E-state index contributed by atoms with van der Waals surface area (Å²) in [5, 5.41) is 0. The van der Waals surface area contributed by atoms with E-state index < -0.39 is 40.7 Å². The molecule has 1 atom stereocenters. The van der Waals surface area contributed by atoms with Crippen LogP contribution in [0.4, 0.5) is 22.0 Å². The molecule has 5 rings (SSSR count). The number of rotatable bonds is 5. The van der Waals surface area contributed by atoms with Gasteiger partial charge in [-0.25, -0.2) is 13.6 Å². The maximum absolute atomic E-state index is 14.6. The molecule has 4 heterocycles. The number of pyridine rings is 1. The first-order chi connectivity index (χ1) is 17.2. The summed E-state index contributed by atoms with van der Waals surface area (Å²) in [6, 6.07) is 5.14. The first kappa shape index (κ1) is 24.1. The summed E-state index contributed by atoms with van der Waals surface area (Å²) >= 11 is 0. The number of benzene rings is 1. The normalized spacial score (nSPS) is 17.9. The zero-order valence-corrected chi connectivity index (χ0v) is 18.6. The molecule has 0 aliphatic carbocycles. The first-order valence-electron chi connectivity index (χ1n) is 10.9. The van der Waals surface area contributed by atoms with E-state index in [2.05, 4.69) is 14.9 Å². The fourth-order valence-electron chi connectivity index (χ4n) is 4.11. The molecule has 2 aliphatic rings. The second-order valence-electron chi connectivity index (χ2n) is 8.33. The van der Waals surface area contributed by atoms with Crippen LogP contribution in [0.1, 0.15) is 17.0 Å². The van der Waals surface area contributed by atoms with Gasteiger partial charge in [0.2, 0.25) is 5.88 Å². The molecule has 0 N–H and O–H groups in total. The number of alkyl halides is 3. The maximum atomic E-state index is 14.6. The van der Waals surface area contributed by atoms with E-state index >= 15 is 0 Å². The highest BCUT2D eigenvalue weighted by Crippen LogP contribution is 2.33. The average molecular weight is 510 g/mol. The average Bonchev–Trinajstić information content (AvgIpc) is 2.84. The van der Waals surface area contributed by atoms with Crippen LogP contribution in [0.25, 0.3) is 0 Å². The van der Waals surface area contributed by atoms with Gasteiger partial charge in [-0.05, 0) is 23.8 Å². The molecule has 0 bridgehead atoms. The fourth-order valence-corrected chi connectivity index (χ4v) is 4.11. The third kappa shape index (κ3) is 5.02. The van der Waals surface area contributed by atoms with Gasteiger partial charge >= 0.3 is 11.9 Å². The molecular weight excluding hydrogens is 491 g/mol. The molecule has 3 aromatic rings. The summed E-state index contributed by atoms with van der Waals surface area (Å²) in [5.41, 5.74) is -0.983. The maximum Gasteiger partial charge on any atom is 0.433 e. The van der Waals surface area contributed by atoms with Crippen molar-refractivity contribution in [3.8, 4) is 17.4 Å². The first-order valence-corrected chi connectivity index (χ1v) is 10.9. The van der Waals surface area contributed by atoms with Gasteiger partial charge < -0.3 is 14.2 Å². The molecule has 1 aromatic carbocycles. The Morgan fingerprint density at radius 1 is 1.14 bits per heavy atom. The zero-order chi connectivity index (χ0) is 25.4. The molecule has 8 nitrogen and oxygen atoms in total. The van der Waals surface area contributed by atoms with Gasteiger partial charge in [0.25, 0.3) is 0 Å². The summed E-state index contributed by atoms with van der Waals surface area (Å²) in [6.07, 6.45) is -3.92. The lowest BCUT2D eigenvalue weighted by atomic mass is 10.1. The van der Waals surface area contributed by atoms with Gasteiger partial charge in [0.05, 0.1) is 19.3 Å². The Labute approximate surface area is 200 Å². The van der Waals surface area contributed by atoms with Gasteiger partial charge in [-0.15, -0.1) is 0 Å². The number of ether oxygens (including phenoxy) is 3. The van der Waals surface area contributed by atoms with E-state index in [1.165, 1.54) is 0 Å². The SMILES string of the molecule is O=c1nc(OCc2cc(F)c(Oc3ccnc(C(F)(F)F)c3)c(F)c2)cc2n1C[C@@H]1COCCN1C2. The van der Waals surface area contributed by atoms with Crippen LogP contribution in [-0.2, 0) is 30.6 Å². The van der Waals surface area contributed by atoms with Crippen molar-refractivity contribution in [2.45, 2.75) is 31.9 Å². The van der Waals surface area contributed by atoms with Gasteiger partial charge in [-0.2, -0.15) is 18.2 Å². The van der Waals surface area contributed by atoms with E-state index in [9.17, 15) is 26.7 Å². The Bertz CT molecular complexity index is 1320. The van der Waals surface area contributed by atoms with Crippen LogP contribution in [-0.4, -0.2) is 45.2 Å². The van der Waals surface area contributed by atoms with Crippen molar-refractivity contribution in [1.29, 1.82) is 0 Å². The Kier molecular flexibility index (Phi) is 6.35. The highest BCUT2D eigenvalue weighted by Gasteiger charge is 2.33. The highest BCUT2D eigenvalue weighted by atomic mass is 19.4. The van der Waals surface area contributed by atoms with Crippen LogP contribution >= 0.6 is 0 Å². The van der Waals surface area contributed by atoms with E-state index in [4.69, 9.17) is 14.2 Å². The van der Waals surface area contributed by atoms with Crippen LogP contribution in [0.3, 0.4) is 0 Å². The number of morpholine rings is 1. The molecule has 36 heavy (non-hydrogen) atoms. The number of hydrogen-bond acceptors (Lipinski definition) is 7. The fraction of sp³-hybridized carbons (Fsp3) is 0.348. The van der Waals surface area contributed by atoms with Crippen molar-refractivity contribution in [2.24, 2.45) is 0 Å². The van der Waals surface area contributed by atoms with Crippen molar-refractivity contribution >= 4 is 0 Å². The molecule has 0 radical (unpaired) electrons. The summed E-state index contributed by atoms with van der Waals surface area (Å²) in [6.45, 7) is 2.53. The third-order valence-corrected chi connectivity index (χ3v) is 5.87. The monoisotopic (exact) mass is 510 g/mol. The Morgan fingerprint density at radius 3 is 2.67 bits per heavy atom. The van der Waals surface area contributed by atoms with Crippen molar-refractivity contribution in [2.75, 3.05) is 19.8 Å². The second-order valence-corrected chi connectivity index (χ2v) is 8.33. The molecule has 1 saturated heterocycles. The number of nitrogens with zero attached hydrogens (tertiary/aromatic N) is 4. The summed E-state index contributed by atoms with van der Waals surface area (Å²) in [5.74, 6) is -3.58. The van der Waals surface area contributed by atoms with E-state index in [1.807, 2.05) is 0 Å². The summed E-state index contributed by atoms with van der Waals surface area (Å²) in [4.78, 5) is 21.8. The van der Waals surface area contributed by atoms with Crippen molar-refractivity contribution in [3.05, 3.63) is 75.6 Å². The van der Waals surface area contributed by atoms with Crippen LogP contribution in [0.2, 0.25) is 0 Å². The molecule has 0 spiro atoms. The zero-order valence-electron chi connectivity index (χ0n) is 18.6. The smallest absolute Gasteiger partial charge is 0.433 e. The van der Waals surface area contributed by atoms with Gasteiger partial charge in [-0.3, -0.25) is 14.5 Å². The predicted molar refractivity (Wildman–Crippen MR) is 114 cm³/mol. The summed E-state index contributed by atoms with van der Waals surface area (Å²) < 4.78 is 85.1. The Hall–Kier alpha value is -3.58. The van der Waals surface area contributed by atoms with Gasteiger partial charge in [0.15, 0.2) is 17.4 Å². The number of halogens is 5. The third-order valence-electron chi connectivity index (χ3n) is 5.87. The molecule has 2 aliphatic heterocycles. The lowest BCUT2D eigenvalue weighted by molar-refractivity contribution is -0.141. The Morgan fingerprint density at radius 2 is 1.92 bits per heavy atom. The quantitative estimate of drug-likeness (QED) is 0.486. The molecule has 190 valence electrons. The van der Waals surface area contributed by atoms with Gasteiger partial charge in [0, 0.05) is 43.7 Å². The van der Waals surface area contributed by atoms with Crippen LogP contribution in [0, 0.1) is 11.6 Å². The second kappa shape index (κ2) is 9.47. The van der Waals surface area contributed by atoms with E-state index in [1.54, 1.807) is 10.6 Å². The van der Waals surface area contributed by atoms with Crippen molar-refractivity contribution < 1.29 is 36.2 Å². The standard InChI is InChI=1S/C23H19F5N4O4/c24-17-5-13(6-18(25)21(17)36-16-1-2-29-19(8-16)23(26,27)28)11-35-20-7-14-9-31-3-4-34-12-15(31)10-32(14)22(33)30-20/h1-2,5-8,15H,3-4,9-12H2/t15-/m1/s1. The van der Waals surface area contributed by atoms with Crippen LogP contribution in [0.15, 0.2) is 41.3 Å². The van der Waals surface area contributed by atoms with E-state index in [-0.39, 0.29) is 24.1 Å². The Balaban J connectivity index is 1.30. The number of aromatic nitrogens is 3. The van der Waals surface area contributed by atoms with Gasteiger partial charge in [-0.1, -0.05) is 0 Å². The van der Waals surface area contributed by atoms with Gasteiger partial charge in [0.1, 0.15) is 18.1 Å². The molecule has 0 amide bonds. The minimum Gasteiger partial charge on any atom is -0.473 e.